The second-order valence-electron chi connectivity index (χ2n) is 15.9. The van der Waals surface area contributed by atoms with Gasteiger partial charge in [0.15, 0.2) is 0 Å². The van der Waals surface area contributed by atoms with Crippen LogP contribution in [0, 0.1) is 0 Å². The van der Waals surface area contributed by atoms with Gasteiger partial charge in [-0.05, 0) is 133 Å². The summed E-state index contributed by atoms with van der Waals surface area (Å²) in [5.74, 6) is 0. The Balaban J connectivity index is 1.01. The van der Waals surface area contributed by atoms with Crippen LogP contribution in [0.5, 0.6) is 0 Å². The Hall–Kier alpha value is -5.68. The minimum Gasteiger partial charge on any atom is -0.236 e. The standard InChI is InChI=1S/C50H36N2S2/c1-49(2)39-15-6-5-14-35(39)37-27-42-38(28-41(37)49)36-21-20-31(26-40(36)50(42,3)4)29-12-11-13-30(22-29)32-23-33(47-51-43-16-7-9-18-45(43)53-47)25-34(24-32)48-52-44-17-8-10-19-46(44)54-48/h5-28H,1-4H3. The molecule has 7 aromatic carbocycles. The van der Waals surface area contributed by atoms with Crippen molar-refractivity contribution in [3.8, 4) is 65.6 Å². The van der Waals surface area contributed by atoms with Crippen molar-refractivity contribution < 1.29 is 0 Å². The zero-order valence-electron chi connectivity index (χ0n) is 30.6. The second kappa shape index (κ2) is 11.4. The molecule has 54 heavy (non-hydrogen) atoms. The molecule has 0 radical (unpaired) electrons. The highest BCUT2D eigenvalue weighted by Crippen LogP contribution is 2.56. The first-order chi connectivity index (χ1) is 26.2. The third kappa shape index (κ3) is 4.70. The molecule has 2 aromatic heterocycles. The van der Waals surface area contributed by atoms with Crippen LogP contribution in [0.3, 0.4) is 0 Å². The Labute approximate surface area is 323 Å². The lowest BCUT2D eigenvalue weighted by Crippen LogP contribution is -2.17. The number of hydrogen-bond acceptors (Lipinski definition) is 4. The zero-order chi connectivity index (χ0) is 36.3. The molecule has 2 aliphatic rings. The zero-order valence-corrected chi connectivity index (χ0v) is 32.2. The van der Waals surface area contributed by atoms with Crippen molar-refractivity contribution in [3.05, 3.63) is 168 Å². The first-order valence-electron chi connectivity index (χ1n) is 18.6. The number of thiazole rings is 2. The molecule has 11 rings (SSSR count). The molecule has 0 aliphatic heterocycles. The van der Waals surface area contributed by atoms with Gasteiger partial charge in [-0.3, -0.25) is 0 Å². The van der Waals surface area contributed by atoms with Crippen molar-refractivity contribution in [2.75, 3.05) is 0 Å². The third-order valence-electron chi connectivity index (χ3n) is 11.9. The average Bonchev–Trinajstić information content (AvgIpc) is 3.94. The molecule has 0 saturated carbocycles. The molecule has 0 N–H and O–H groups in total. The van der Waals surface area contributed by atoms with E-state index < -0.39 is 0 Å². The monoisotopic (exact) mass is 728 g/mol. The van der Waals surface area contributed by atoms with Crippen LogP contribution in [0.2, 0.25) is 0 Å². The van der Waals surface area contributed by atoms with Crippen molar-refractivity contribution in [2.45, 2.75) is 38.5 Å². The molecule has 0 saturated heterocycles. The molecule has 0 atom stereocenters. The summed E-state index contributed by atoms with van der Waals surface area (Å²) in [5, 5.41) is 2.05. The van der Waals surface area contributed by atoms with E-state index in [2.05, 4.69) is 173 Å². The van der Waals surface area contributed by atoms with Crippen LogP contribution in [0.15, 0.2) is 146 Å². The van der Waals surface area contributed by atoms with Gasteiger partial charge < -0.3 is 0 Å². The number of hydrogen-bond donors (Lipinski definition) is 0. The van der Waals surface area contributed by atoms with Crippen LogP contribution in [-0.2, 0) is 10.8 Å². The summed E-state index contributed by atoms with van der Waals surface area (Å²) in [6, 6.07) is 53.8. The second-order valence-corrected chi connectivity index (χ2v) is 17.9. The highest BCUT2D eigenvalue weighted by molar-refractivity contribution is 7.22. The van der Waals surface area contributed by atoms with Crippen molar-refractivity contribution in [1.82, 2.24) is 9.97 Å². The van der Waals surface area contributed by atoms with Gasteiger partial charge in [0.05, 0.1) is 20.4 Å². The van der Waals surface area contributed by atoms with E-state index in [1.54, 1.807) is 22.7 Å². The molecular weight excluding hydrogens is 693 g/mol. The Morgan fingerprint density at radius 2 is 0.815 bits per heavy atom. The summed E-state index contributed by atoms with van der Waals surface area (Å²) in [6.45, 7) is 9.54. The third-order valence-corrected chi connectivity index (χ3v) is 14.1. The molecule has 4 heteroatoms. The summed E-state index contributed by atoms with van der Waals surface area (Å²) in [5.41, 5.74) is 20.1. The lowest BCUT2D eigenvalue weighted by atomic mass is 9.79. The highest BCUT2D eigenvalue weighted by atomic mass is 32.1. The quantitative estimate of drug-likeness (QED) is 0.180. The van der Waals surface area contributed by atoms with Gasteiger partial charge in [0.2, 0.25) is 0 Å². The van der Waals surface area contributed by atoms with Crippen LogP contribution in [0.1, 0.15) is 49.9 Å². The maximum atomic E-state index is 5.06. The molecule has 0 bridgehead atoms. The van der Waals surface area contributed by atoms with Crippen molar-refractivity contribution in [1.29, 1.82) is 0 Å². The van der Waals surface area contributed by atoms with Gasteiger partial charge in [-0.15, -0.1) is 22.7 Å². The van der Waals surface area contributed by atoms with Gasteiger partial charge in [-0.25, -0.2) is 9.97 Å². The van der Waals surface area contributed by atoms with Crippen molar-refractivity contribution in [3.63, 3.8) is 0 Å². The maximum absolute atomic E-state index is 5.06. The molecule has 0 fully saturated rings. The van der Waals surface area contributed by atoms with Gasteiger partial charge in [0.1, 0.15) is 10.0 Å². The molecular formula is C50H36N2S2. The van der Waals surface area contributed by atoms with E-state index in [-0.39, 0.29) is 10.8 Å². The fraction of sp³-hybridized carbons (Fsp3) is 0.120. The Morgan fingerprint density at radius 1 is 0.352 bits per heavy atom. The minimum atomic E-state index is -0.118. The van der Waals surface area contributed by atoms with Crippen LogP contribution in [0.4, 0.5) is 0 Å². The molecule has 9 aromatic rings. The number of para-hydroxylation sites is 2. The molecule has 0 unspecified atom stereocenters. The summed E-state index contributed by atoms with van der Waals surface area (Å²) >= 11 is 3.49. The molecule has 2 aliphatic carbocycles. The van der Waals surface area contributed by atoms with Gasteiger partial charge >= 0.3 is 0 Å². The maximum Gasteiger partial charge on any atom is 0.124 e. The molecule has 2 heterocycles. The van der Waals surface area contributed by atoms with Gasteiger partial charge in [-0.2, -0.15) is 0 Å². The molecule has 2 nitrogen and oxygen atoms in total. The van der Waals surface area contributed by atoms with E-state index in [1.165, 1.54) is 70.6 Å². The summed E-state index contributed by atoms with van der Waals surface area (Å²) < 4.78 is 2.39. The highest BCUT2D eigenvalue weighted by Gasteiger charge is 2.41. The number of rotatable bonds is 4. The normalized spacial score (nSPS) is 14.6. The van der Waals surface area contributed by atoms with Crippen molar-refractivity contribution >= 4 is 43.1 Å². The van der Waals surface area contributed by atoms with E-state index in [0.717, 1.165) is 37.7 Å². The molecule has 0 amide bonds. The first kappa shape index (κ1) is 31.8. The largest absolute Gasteiger partial charge is 0.236 e. The van der Waals surface area contributed by atoms with Crippen LogP contribution in [-0.4, -0.2) is 9.97 Å². The van der Waals surface area contributed by atoms with E-state index in [1.807, 2.05) is 0 Å². The SMILES string of the molecule is CC1(C)c2ccccc2-c2cc3c(cc21)-c1ccc(-c2cccc(-c4cc(-c5nc6ccccc6s5)cc(-c5nc6ccccc6s5)c4)c2)cc1C3(C)C. The minimum absolute atomic E-state index is 0.0224. The lowest BCUT2D eigenvalue weighted by Gasteiger charge is -2.24. The van der Waals surface area contributed by atoms with Crippen LogP contribution >= 0.6 is 22.7 Å². The lowest BCUT2D eigenvalue weighted by molar-refractivity contribution is 0.652. The van der Waals surface area contributed by atoms with Crippen LogP contribution < -0.4 is 0 Å². The Morgan fingerprint density at radius 3 is 1.44 bits per heavy atom. The number of benzene rings is 7. The summed E-state index contributed by atoms with van der Waals surface area (Å²) in [7, 11) is 0. The van der Waals surface area contributed by atoms with E-state index >= 15 is 0 Å². The Bertz CT molecular complexity index is 2850. The average molecular weight is 729 g/mol. The van der Waals surface area contributed by atoms with Gasteiger partial charge in [0, 0.05) is 22.0 Å². The van der Waals surface area contributed by atoms with E-state index in [4.69, 9.17) is 9.97 Å². The van der Waals surface area contributed by atoms with Crippen LogP contribution in [0.25, 0.3) is 86.1 Å². The number of nitrogens with zero attached hydrogens (tertiary/aromatic N) is 2. The Kier molecular flexibility index (Phi) is 6.72. The first-order valence-corrected chi connectivity index (χ1v) is 20.3. The summed E-state index contributed by atoms with van der Waals surface area (Å²) in [6.07, 6.45) is 0. The predicted octanol–water partition coefficient (Wildman–Crippen LogP) is 14.2. The predicted molar refractivity (Wildman–Crippen MR) is 230 cm³/mol. The fourth-order valence-corrected chi connectivity index (χ4v) is 10.9. The number of fused-ring (bicyclic) bond motifs is 8. The van der Waals surface area contributed by atoms with Gasteiger partial charge in [0.25, 0.3) is 0 Å². The molecule has 258 valence electrons. The summed E-state index contributed by atoms with van der Waals surface area (Å²) in [4.78, 5) is 10.1. The van der Waals surface area contributed by atoms with E-state index in [0.29, 0.717) is 0 Å². The molecule has 0 spiro atoms. The topological polar surface area (TPSA) is 25.8 Å². The fourth-order valence-electron chi connectivity index (χ4n) is 9.02. The van der Waals surface area contributed by atoms with Crippen molar-refractivity contribution in [2.24, 2.45) is 0 Å². The van der Waals surface area contributed by atoms with E-state index in [9.17, 15) is 0 Å². The smallest absolute Gasteiger partial charge is 0.124 e. The van der Waals surface area contributed by atoms with Gasteiger partial charge in [-0.1, -0.05) is 107 Å². The number of aromatic nitrogens is 2.